The highest BCUT2D eigenvalue weighted by molar-refractivity contribution is 5.97. The minimum absolute atomic E-state index is 0.959. The lowest BCUT2D eigenvalue weighted by atomic mass is 9.92. The quantitative estimate of drug-likeness (QED) is 0.428. The van der Waals surface area contributed by atoms with E-state index in [1.807, 2.05) is 0 Å². The molecule has 0 aliphatic heterocycles. The van der Waals surface area contributed by atoms with Crippen LogP contribution in [0.15, 0.2) is 97.1 Å². The molecule has 0 spiro atoms. The molecule has 0 heterocycles. The molecule has 0 radical (unpaired) electrons. The average molecular weight is 294 g/mol. The van der Waals surface area contributed by atoms with Crippen molar-refractivity contribution in [2.45, 2.75) is 6.42 Å². The topological polar surface area (TPSA) is 0 Å². The predicted octanol–water partition coefficient (Wildman–Crippen LogP) is 6.10. The number of hydrogen-bond donors (Lipinski definition) is 0. The van der Waals surface area contributed by atoms with E-state index < -0.39 is 0 Å². The van der Waals surface area contributed by atoms with Crippen LogP contribution in [0.25, 0.3) is 21.9 Å². The Bertz CT molecular complexity index is 931. The second kappa shape index (κ2) is 6.10. The summed E-state index contributed by atoms with van der Waals surface area (Å²) in [6.07, 6.45) is 0.959. The summed E-state index contributed by atoms with van der Waals surface area (Å²) in [7, 11) is 0. The largest absolute Gasteiger partial charge is 0.0622 e. The van der Waals surface area contributed by atoms with Crippen LogP contribution in [0.3, 0.4) is 0 Å². The van der Waals surface area contributed by atoms with Gasteiger partial charge in [0.25, 0.3) is 0 Å². The van der Waals surface area contributed by atoms with E-state index in [0.29, 0.717) is 0 Å². The summed E-state index contributed by atoms with van der Waals surface area (Å²) >= 11 is 0. The van der Waals surface area contributed by atoms with E-state index in [2.05, 4.69) is 97.1 Å². The highest BCUT2D eigenvalue weighted by Crippen LogP contribution is 2.31. The first-order chi connectivity index (χ1) is 11.4. The zero-order valence-electron chi connectivity index (χ0n) is 12.9. The van der Waals surface area contributed by atoms with E-state index in [4.69, 9.17) is 0 Å². The Labute approximate surface area is 137 Å². The standard InChI is InChI=1S/C23H18/c1-2-9-18(10-3-1)17-20-12-5-7-15-22(20)23-16-8-13-19-11-4-6-14-21(19)23/h1-16H,17H2. The molecule has 0 aliphatic carbocycles. The van der Waals surface area contributed by atoms with Gasteiger partial charge in [-0.25, -0.2) is 0 Å². The van der Waals surface area contributed by atoms with Gasteiger partial charge in [-0.15, -0.1) is 0 Å². The molecule has 0 aliphatic rings. The van der Waals surface area contributed by atoms with Crippen molar-refractivity contribution >= 4 is 10.8 Å². The van der Waals surface area contributed by atoms with Gasteiger partial charge in [-0.3, -0.25) is 0 Å². The maximum Gasteiger partial charge on any atom is -0.00196 e. The SMILES string of the molecule is c1ccc(Cc2ccccc2-c2cccc3ccccc23)cc1. The number of fused-ring (bicyclic) bond motifs is 1. The van der Waals surface area contributed by atoms with Crippen LogP contribution >= 0.6 is 0 Å². The van der Waals surface area contributed by atoms with E-state index in [0.717, 1.165) is 6.42 Å². The minimum atomic E-state index is 0.959. The van der Waals surface area contributed by atoms with Crippen LogP contribution in [0.5, 0.6) is 0 Å². The van der Waals surface area contributed by atoms with Crippen LogP contribution in [0.1, 0.15) is 11.1 Å². The number of hydrogen-bond acceptors (Lipinski definition) is 0. The lowest BCUT2D eigenvalue weighted by Crippen LogP contribution is -1.92. The third kappa shape index (κ3) is 2.76. The van der Waals surface area contributed by atoms with Crippen molar-refractivity contribution in [3.8, 4) is 11.1 Å². The van der Waals surface area contributed by atoms with Crippen molar-refractivity contribution in [1.29, 1.82) is 0 Å². The minimum Gasteiger partial charge on any atom is -0.0622 e. The van der Waals surface area contributed by atoms with Crippen LogP contribution in [0.2, 0.25) is 0 Å². The fourth-order valence-corrected chi connectivity index (χ4v) is 3.21. The van der Waals surface area contributed by atoms with E-state index in [1.165, 1.54) is 33.0 Å². The molecule has 4 aromatic carbocycles. The Balaban J connectivity index is 1.86. The Morgan fingerprint density at radius 1 is 0.478 bits per heavy atom. The molecule has 0 heteroatoms. The smallest absolute Gasteiger partial charge is 0.00196 e. The van der Waals surface area contributed by atoms with Gasteiger partial charge in [-0.2, -0.15) is 0 Å². The van der Waals surface area contributed by atoms with Crippen LogP contribution in [-0.4, -0.2) is 0 Å². The van der Waals surface area contributed by atoms with Crippen molar-refractivity contribution in [2.24, 2.45) is 0 Å². The average Bonchev–Trinajstić information content (AvgIpc) is 2.63. The third-order valence-electron chi connectivity index (χ3n) is 4.33. The molecule has 0 saturated heterocycles. The molecule has 0 amide bonds. The predicted molar refractivity (Wildman–Crippen MR) is 98.6 cm³/mol. The lowest BCUT2D eigenvalue weighted by molar-refractivity contribution is 1.20. The maximum atomic E-state index is 2.24. The van der Waals surface area contributed by atoms with Crippen molar-refractivity contribution in [1.82, 2.24) is 0 Å². The zero-order valence-corrected chi connectivity index (χ0v) is 12.9. The van der Waals surface area contributed by atoms with Gasteiger partial charge in [0.1, 0.15) is 0 Å². The summed E-state index contributed by atoms with van der Waals surface area (Å²) in [6, 6.07) is 34.6. The second-order valence-corrected chi connectivity index (χ2v) is 5.85. The van der Waals surface area contributed by atoms with Gasteiger partial charge in [0, 0.05) is 0 Å². The van der Waals surface area contributed by atoms with Gasteiger partial charge in [0.05, 0.1) is 0 Å². The van der Waals surface area contributed by atoms with Crippen LogP contribution in [-0.2, 0) is 6.42 Å². The van der Waals surface area contributed by atoms with Gasteiger partial charge < -0.3 is 0 Å². The molecule has 0 unspecified atom stereocenters. The monoisotopic (exact) mass is 294 g/mol. The van der Waals surface area contributed by atoms with Crippen LogP contribution in [0, 0.1) is 0 Å². The first kappa shape index (κ1) is 13.8. The molecule has 0 nitrogen and oxygen atoms in total. The lowest BCUT2D eigenvalue weighted by Gasteiger charge is -2.12. The molecule has 0 fully saturated rings. The molecule has 0 N–H and O–H groups in total. The van der Waals surface area contributed by atoms with Gasteiger partial charge >= 0.3 is 0 Å². The molecule has 23 heavy (non-hydrogen) atoms. The molecular formula is C23H18. The van der Waals surface area contributed by atoms with E-state index in [9.17, 15) is 0 Å². The van der Waals surface area contributed by atoms with Gasteiger partial charge in [-0.05, 0) is 39.4 Å². The van der Waals surface area contributed by atoms with E-state index >= 15 is 0 Å². The van der Waals surface area contributed by atoms with Crippen LogP contribution in [0.4, 0.5) is 0 Å². The fourth-order valence-electron chi connectivity index (χ4n) is 3.21. The highest BCUT2D eigenvalue weighted by Gasteiger charge is 2.08. The first-order valence-corrected chi connectivity index (χ1v) is 8.02. The fraction of sp³-hybridized carbons (Fsp3) is 0.0435. The van der Waals surface area contributed by atoms with Crippen molar-refractivity contribution < 1.29 is 0 Å². The highest BCUT2D eigenvalue weighted by atomic mass is 14.1. The summed E-state index contributed by atoms with van der Waals surface area (Å²) in [5.41, 5.74) is 5.36. The van der Waals surface area contributed by atoms with Crippen LogP contribution < -0.4 is 0 Å². The third-order valence-corrected chi connectivity index (χ3v) is 4.33. The Kier molecular flexibility index (Phi) is 3.65. The molecule has 4 rings (SSSR count). The van der Waals surface area contributed by atoms with Crippen molar-refractivity contribution in [2.75, 3.05) is 0 Å². The summed E-state index contributed by atoms with van der Waals surface area (Å²) in [4.78, 5) is 0. The van der Waals surface area contributed by atoms with Gasteiger partial charge in [0.15, 0.2) is 0 Å². The Morgan fingerprint density at radius 3 is 2.04 bits per heavy atom. The molecule has 110 valence electrons. The maximum absolute atomic E-state index is 2.24. The Morgan fingerprint density at radius 2 is 1.13 bits per heavy atom. The molecule has 0 saturated carbocycles. The van der Waals surface area contributed by atoms with Crippen molar-refractivity contribution in [3.63, 3.8) is 0 Å². The summed E-state index contributed by atoms with van der Waals surface area (Å²) in [5.74, 6) is 0. The normalized spacial score (nSPS) is 10.8. The zero-order chi connectivity index (χ0) is 15.5. The summed E-state index contributed by atoms with van der Waals surface area (Å²) < 4.78 is 0. The number of benzene rings is 4. The second-order valence-electron chi connectivity index (χ2n) is 5.85. The molecule has 0 bridgehead atoms. The van der Waals surface area contributed by atoms with E-state index in [-0.39, 0.29) is 0 Å². The first-order valence-electron chi connectivity index (χ1n) is 8.02. The van der Waals surface area contributed by atoms with Gasteiger partial charge in [0.2, 0.25) is 0 Å². The van der Waals surface area contributed by atoms with Crippen molar-refractivity contribution in [3.05, 3.63) is 108 Å². The molecule has 0 aromatic heterocycles. The Hall–Kier alpha value is -2.86. The summed E-state index contributed by atoms with van der Waals surface area (Å²) in [6.45, 7) is 0. The summed E-state index contributed by atoms with van der Waals surface area (Å²) in [5, 5.41) is 2.61. The molecular weight excluding hydrogens is 276 g/mol. The number of rotatable bonds is 3. The van der Waals surface area contributed by atoms with E-state index in [1.54, 1.807) is 0 Å². The molecule has 0 atom stereocenters. The van der Waals surface area contributed by atoms with Gasteiger partial charge in [-0.1, -0.05) is 97.1 Å². The molecule has 4 aromatic rings.